The van der Waals surface area contributed by atoms with Gasteiger partial charge in [0.2, 0.25) is 6.10 Å². The van der Waals surface area contributed by atoms with Crippen LogP contribution in [0.15, 0.2) is 5.16 Å². The lowest BCUT2D eigenvalue weighted by Gasteiger charge is -2.18. The Morgan fingerprint density at radius 2 is 2.40 bits per heavy atom. The largest absolute Gasteiger partial charge is 0.382 e. The second kappa shape index (κ2) is 1.97. The topological polar surface area (TPSA) is 64.7 Å². The minimum Gasteiger partial charge on any atom is -0.382 e. The molecule has 0 saturated heterocycles. The molecule has 2 N–H and O–H groups in total. The van der Waals surface area contributed by atoms with E-state index in [1.165, 1.54) is 0 Å². The van der Waals surface area contributed by atoms with Crippen LogP contribution in [0.1, 0.15) is 13.8 Å². The molecule has 0 fully saturated rings. The smallest absolute Gasteiger partial charge is 0.262 e. The zero-order valence-corrected chi connectivity index (χ0v) is 6.00. The third kappa shape index (κ3) is 0.964. The van der Waals surface area contributed by atoms with Gasteiger partial charge >= 0.3 is 0 Å². The molecule has 1 aliphatic rings. The Bertz CT molecular complexity index is 186. The maximum atomic E-state index is 10.6. The average molecular weight is 142 g/mol. The normalized spacial score (nSPS) is 28.0. The van der Waals surface area contributed by atoms with Gasteiger partial charge in [-0.15, -0.1) is 0 Å². The van der Waals surface area contributed by atoms with Crippen LogP contribution in [0.2, 0.25) is 0 Å². The fourth-order valence-corrected chi connectivity index (χ4v) is 0.849. The van der Waals surface area contributed by atoms with Crippen molar-refractivity contribution in [3.8, 4) is 0 Å². The number of hydrogen-bond donors (Lipinski definition) is 1. The van der Waals surface area contributed by atoms with E-state index in [2.05, 4.69) is 5.16 Å². The molecule has 0 spiro atoms. The number of rotatable bonds is 1. The summed E-state index contributed by atoms with van der Waals surface area (Å²) in [5, 5.41) is 3.51. The minimum atomic E-state index is -0.604. The first-order valence-electron chi connectivity index (χ1n) is 3.04. The molecule has 4 heteroatoms. The van der Waals surface area contributed by atoms with E-state index < -0.39 is 12.0 Å². The van der Waals surface area contributed by atoms with Gasteiger partial charge in [0.15, 0.2) is 0 Å². The fraction of sp³-hybridized carbons (Fsp3) is 0.667. The predicted octanol–water partition coefficient (Wildman–Crippen LogP) is -0.118. The van der Waals surface area contributed by atoms with E-state index in [4.69, 9.17) is 10.6 Å². The molecule has 10 heavy (non-hydrogen) atoms. The summed E-state index contributed by atoms with van der Waals surface area (Å²) < 4.78 is 0. The molecule has 1 amide bonds. The maximum Gasteiger partial charge on any atom is 0.262 e. The van der Waals surface area contributed by atoms with Gasteiger partial charge in [0.25, 0.3) is 5.91 Å². The monoisotopic (exact) mass is 142 g/mol. The van der Waals surface area contributed by atoms with E-state index >= 15 is 0 Å². The second-order valence-corrected chi connectivity index (χ2v) is 2.94. The predicted molar refractivity (Wildman–Crippen MR) is 36.3 cm³/mol. The Balaban J connectivity index is 2.75. The van der Waals surface area contributed by atoms with Gasteiger partial charge in [0.05, 0.1) is 11.6 Å². The van der Waals surface area contributed by atoms with Crippen molar-refractivity contribution in [2.24, 2.45) is 16.3 Å². The van der Waals surface area contributed by atoms with Gasteiger partial charge in [-0.2, -0.15) is 0 Å². The van der Waals surface area contributed by atoms with Gasteiger partial charge in [-0.05, 0) is 0 Å². The number of hydrogen-bond acceptors (Lipinski definition) is 3. The molecular weight excluding hydrogens is 132 g/mol. The molecule has 0 aromatic rings. The highest BCUT2D eigenvalue weighted by atomic mass is 16.6. The molecule has 1 heterocycles. The van der Waals surface area contributed by atoms with E-state index in [1.807, 2.05) is 13.8 Å². The van der Waals surface area contributed by atoms with Crippen molar-refractivity contribution in [3.63, 3.8) is 0 Å². The number of primary amides is 1. The summed E-state index contributed by atoms with van der Waals surface area (Å²) in [6.45, 7) is 3.69. The lowest BCUT2D eigenvalue weighted by atomic mass is 9.88. The van der Waals surface area contributed by atoms with Crippen LogP contribution < -0.4 is 5.73 Å². The molecule has 0 aliphatic carbocycles. The molecule has 0 aromatic carbocycles. The van der Waals surface area contributed by atoms with Gasteiger partial charge in [0, 0.05) is 0 Å². The number of carbonyl (C=O) groups excluding carboxylic acids is 1. The third-order valence-corrected chi connectivity index (χ3v) is 1.49. The quantitative estimate of drug-likeness (QED) is 0.554. The van der Waals surface area contributed by atoms with Gasteiger partial charge in [0.1, 0.15) is 0 Å². The minimum absolute atomic E-state index is 0.355. The van der Waals surface area contributed by atoms with Crippen molar-refractivity contribution < 1.29 is 9.63 Å². The van der Waals surface area contributed by atoms with Crippen molar-refractivity contribution in [2.45, 2.75) is 20.0 Å². The molecule has 1 atom stereocenters. The highest BCUT2D eigenvalue weighted by molar-refractivity contribution is 5.86. The summed E-state index contributed by atoms with van der Waals surface area (Å²) in [5.74, 6) is -0.470. The van der Waals surface area contributed by atoms with Crippen LogP contribution in [-0.4, -0.2) is 18.2 Å². The van der Waals surface area contributed by atoms with Crippen LogP contribution in [0.3, 0.4) is 0 Å². The second-order valence-electron chi connectivity index (χ2n) is 2.94. The summed E-state index contributed by atoms with van der Waals surface area (Å²) in [7, 11) is 0. The van der Waals surface area contributed by atoms with Gasteiger partial charge in [-0.25, -0.2) is 0 Å². The number of nitrogens with zero attached hydrogens (tertiary/aromatic N) is 1. The van der Waals surface area contributed by atoms with Gasteiger partial charge < -0.3 is 10.6 Å². The van der Waals surface area contributed by atoms with Crippen LogP contribution in [-0.2, 0) is 9.63 Å². The Hall–Kier alpha value is -1.06. The van der Waals surface area contributed by atoms with Crippen LogP contribution in [0.4, 0.5) is 0 Å². The molecule has 4 nitrogen and oxygen atoms in total. The Morgan fingerprint density at radius 1 is 1.80 bits per heavy atom. The molecule has 1 aliphatic heterocycles. The molecule has 0 radical (unpaired) electrons. The molecule has 1 unspecified atom stereocenters. The SMILES string of the molecule is CC1(C)C=NOC1C(N)=O. The number of carbonyl (C=O) groups is 1. The molecule has 56 valence electrons. The van der Waals surface area contributed by atoms with Crippen molar-refractivity contribution in [1.82, 2.24) is 0 Å². The molecule has 0 saturated carbocycles. The maximum absolute atomic E-state index is 10.6. The standard InChI is InChI=1S/C6H10N2O2/c1-6(2)3-8-10-4(6)5(7)9/h3-4H,1-2H3,(H2,7,9). The third-order valence-electron chi connectivity index (χ3n) is 1.49. The van der Waals surface area contributed by atoms with Crippen LogP contribution in [0.25, 0.3) is 0 Å². The van der Waals surface area contributed by atoms with E-state index in [-0.39, 0.29) is 5.41 Å². The van der Waals surface area contributed by atoms with E-state index in [9.17, 15) is 4.79 Å². The summed E-state index contributed by atoms with van der Waals surface area (Å²) in [4.78, 5) is 15.4. The van der Waals surface area contributed by atoms with Crippen molar-refractivity contribution >= 4 is 12.1 Å². The molecular formula is C6H10N2O2. The van der Waals surface area contributed by atoms with Crippen molar-refractivity contribution in [3.05, 3.63) is 0 Å². The lowest BCUT2D eigenvalue weighted by molar-refractivity contribution is -0.131. The Kier molecular flexibility index (Phi) is 1.39. The van der Waals surface area contributed by atoms with E-state index in [1.54, 1.807) is 6.21 Å². The highest BCUT2D eigenvalue weighted by Crippen LogP contribution is 2.25. The summed E-state index contributed by atoms with van der Waals surface area (Å²) in [5.41, 5.74) is 4.67. The number of amides is 1. The first-order valence-corrected chi connectivity index (χ1v) is 3.04. The molecule has 1 rings (SSSR count). The first kappa shape index (κ1) is 7.05. The van der Waals surface area contributed by atoms with Crippen LogP contribution in [0, 0.1) is 5.41 Å². The lowest BCUT2D eigenvalue weighted by Crippen LogP contribution is -2.39. The zero-order valence-electron chi connectivity index (χ0n) is 6.00. The summed E-state index contributed by atoms with van der Waals surface area (Å²) >= 11 is 0. The van der Waals surface area contributed by atoms with E-state index in [0.29, 0.717) is 0 Å². The van der Waals surface area contributed by atoms with Crippen molar-refractivity contribution in [2.75, 3.05) is 0 Å². The van der Waals surface area contributed by atoms with Crippen molar-refractivity contribution in [1.29, 1.82) is 0 Å². The van der Waals surface area contributed by atoms with Gasteiger partial charge in [-0.1, -0.05) is 19.0 Å². The van der Waals surface area contributed by atoms with Crippen LogP contribution in [0.5, 0.6) is 0 Å². The fourth-order valence-electron chi connectivity index (χ4n) is 0.849. The zero-order chi connectivity index (χ0) is 7.78. The average Bonchev–Trinajstić information content (AvgIpc) is 2.08. The summed E-state index contributed by atoms with van der Waals surface area (Å²) in [6.07, 6.45) is 0.982. The first-order chi connectivity index (χ1) is 4.54. The number of nitrogens with two attached hydrogens (primary N) is 1. The molecule has 0 aromatic heterocycles. The summed E-state index contributed by atoms with van der Waals surface area (Å²) in [6, 6.07) is 0. The van der Waals surface area contributed by atoms with Gasteiger partial charge in [-0.3, -0.25) is 4.79 Å². The Labute approximate surface area is 59.0 Å². The van der Waals surface area contributed by atoms with E-state index in [0.717, 1.165) is 0 Å². The highest BCUT2D eigenvalue weighted by Gasteiger charge is 2.38. The Morgan fingerprint density at radius 3 is 2.60 bits per heavy atom. The van der Waals surface area contributed by atoms with Crippen LogP contribution >= 0.6 is 0 Å². The molecule has 0 bridgehead atoms. The number of oxime groups is 1.